The fraction of sp³-hybridized carbons (Fsp3) is 0.600. The fourth-order valence-electron chi connectivity index (χ4n) is 2.00. The maximum absolute atomic E-state index is 9.55. The Morgan fingerprint density at radius 3 is 1.58 bits per heavy atom. The summed E-state index contributed by atoms with van der Waals surface area (Å²) in [6, 6.07) is 0. The molecule has 0 saturated heterocycles. The van der Waals surface area contributed by atoms with E-state index in [4.69, 9.17) is 0 Å². The molecular formula is C10H14O2. The second-order valence-electron chi connectivity index (χ2n) is 3.51. The van der Waals surface area contributed by atoms with Gasteiger partial charge in [-0.1, -0.05) is 12.2 Å². The molecule has 2 aliphatic rings. The third-order valence-corrected chi connectivity index (χ3v) is 2.66. The molecule has 0 fully saturated rings. The summed E-state index contributed by atoms with van der Waals surface area (Å²) in [5, 5.41) is 19.1. The molecule has 0 aromatic rings. The molecule has 2 rings (SSSR count). The van der Waals surface area contributed by atoms with E-state index in [0.29, 0.717) is 0 Å². The lowest BCUT2D eigenvalue weighted by Gasteiger charge is -2.13. The largest absolute Gasteiger partial charge is 0.388 e. The molecule has 0 aromatic heterocycles. The minimum absolute atomic E-state index is 0.330. The topological polar surface area (TPSA) is 40.5 Å². The standard InChI is InChI=1S/C10H14O2/c11-9-5-1-3-7(9)8-4-2-6-10(8)12/h3-4,9-12H,1-2,5-6H2/t9-,10-/m1/s1. The number of hydrogen-bond acceptors (Lipinski definition) is 2. The molecule has 2 heteroatoms. The van der Waals surface area contributed by atoms with Gasteiger partial charge in [0.05, 0.1) is 12.2 Å². The van der Waals surface area contributed by atoms with Crippen LogP contribution in [-0.4, -0.2) is 22.4 Å². The maximum atomic E-state index is 9.55. The first-order chi connectivity index (χ1) is 5.79. The SMILES string of the molecule is O[C@@H]1CCC=C1C1=CCC[C@H]1O. The Labute approximate surface area is 72.2 Å². The van der Waals surface area contributed by atoms with Crippen molar-refractivity contribution in [3.05, 3.63) is 23.3 Å². The van der Waals surface area contributed by atoms with Gasteiger partial charge in [0.1, 0.15) is 0 Å². The predicted molar refractivity (Wildman–Crippen MR) is 46.6 cm³/mol. The maximum Gasteiger partial charge on any atom is 0.0793 e. The third kappa shape index (κ3) is 1.21. The van der Waals surface area contributed by atoms with Crippen LogP contribution in [0, 0.1) is 0 Å². The molecule has 2 aliphatic carbocycles. The first-order valence-electron chi connectivity index (χ1n) is 4.55. The van der Waals surface area contributed by atoms with E-state index in [1.54, 1.807) is 0 Å². The van der Waals surface area contributed by atoms with E-state index in [1.807, 2.05) is 12.2 Å². The first kappa shape index (κ1) is 8.02. The van der Waals surface area contributed by atoms with Gasteiger partial charge in [-0.2, -0.15) is 0 Å². The van der Waals surface area contributed by atoms with Crippen molar-refractivity contribution in [1.82, 2.24) is 0 Å². The summed E-state index contributed by atoms with van der Waals surface area (Å²) in [5.41, 5.74) is 1.94. The summed E-state index contributed by atoms with van der Waals surface area (Å²) >= 11 is 0. The van der Waals surface area contributed by atoms with Gasteiger partial charge >= 0.3 is 0 Å². The van der Waals surface area contributed by atoms with Crippen LogP contribution in [0.1, 0.15) is 25.7 Å². The molecule has 0 unspecified atom stereocenters. The lowest BCUT2D eigenvalue weighted by Crippen LogP contribution is -2.13. The van der Waals surface area contributed by atoms with E-state index in [-0.39, 0.29) is 12.2 Å². The predicted octanol–water partition coefficient (Wildman–Crippen LogP) is 1.15. The number of rotatable bonds is 1. The molecule has 0 bridgehead atoms. The van der Waals surface area contributed by atoms with Gasteiger partial charge in [0.15, 0.2) is 0 Å². The zero-order valence-corrected chi connectivity index (χ0v) is 7.03. The van der Waals surface area contributed by atoms with Crippen LogP contribution in [0.5, 0.6) is 0 Å². The number of allylic oxidation sites excluding steroid dienone is 2. The number of hydrogen-bond donors (Lipinski definition) is 2. The van der Waals surface area contributed by atoms with Gasteiger partial charge in [0.25, 0.3) is 0 Å². The van der Waals surface area contributed by atoms with Crippen LogP contribution in [-0.2, 0) is 0 Å². The smallest absolute Gasteiger partial charge is 0.0793 e. The molecule has 0 aliphatic heterocycles. The zero-order valence-electron chi connectivity index (χ0n) is 7.03. The quantitative estimate of drug-likeness (QED) is 0.613. The minimum atomic E-state index is -0.330. The van der Waals surface area contributed by atoms with Gasteiger partial charge in [-0.15, -0.1) is 0 Å². The summed E-state index contributed by atoms with van der Waals surface area (Å²) in [7, 11) is 0. The van der Waals surface area contributed by atoms with Crippen LogP contribution < -0.4 is 0 Å². The van der Waals surface area contributed by atoms with Crippen molar-refractivity contribution in [1.29, 1.82) is 0 Å². The van der Waals surface area contributed by atoms with Crippen LogP contribution in [0.4, 0.5) is 0 Å². The van der Waals surface area contributed by atoms with Crippen molar-refractivity contribution in [2.75, 3.05) is 0 Å². The van der Waals surface area contributed by atoms with E-state index in [0.717, 1.165) is 36.8 Å². The molecule has 0 aromatic carbocycles. The second-order valence-corrected chi connectivity index (χ2v) is 3.51. The van der Waals surface area contributed by atoms with Crippen molar-refractivity contribution < 1.29 is 10.2 Å². The highest BCUT2D eigenvalue weighted by Crippen LogP contribution is 2.32. The average molecular weight is 166 g/mol. The summed E-state index contributed by atoms with van der Waals surface area (Å²) < 4.78 is 0. The Kier molecular flexibility index (Phi) is 2.03. The highest BCUT2D eigenvalue weighted by atomic mass is 16.3. The normalized spacial score (nSPS) is 35.2. The molecule has 0 heterocycles. The van der Waals surface area contributed by atoms with Crippen LogP contribution >= 0.6 is 0 Å². The van der Waals surface area contributed by atoms with Crippen LogP contribution in [0.15, 0.2) is 23.3 Å². The Bertz CT molecular complexity index is 214. The van der Waals surface area contributed by atoms with Crippen molar-refractivity contribution in [3.63, 3.8) is 0 Å². The van der Waals surface area contributed by atoms with Crippen LogP contribution in [0.25, 0.3) is 0 Å². The fourth-order valence-corrected chi connectivity index (χ4v) is 2.00. The molecule has 0 radical (unpaired) electrons. The lowest BCUT2D eigenvalue weighted by atomic mass is 10.0. The van der Waals surface area contributed by atoms with Crippen molar-refractivity contribution >= 4 is 0 Å². The van der Waals surface area contributed by atoms with Crippen molar-refractivity contribution in [2.24, 2.45) is 0 Å². The molecule has 12 heavy (non-hydrogen) atoms. The minimum Gasteiger partial charge on any atom is -0.388 e. The number of aliphatic hydroxyl groups is 2. The number of aliphatic hydroxyl groups excluding tert-OH is 2. The Morgan fingerprint density at radius 1 is 0.917 bits per heavy atom. The second kappa shape index (κ2) is 3.04. The van der Waals surface area contributed by atoms with Crippen LogP contribution in [0.2, 0.25) is 0 Å². The Hall–Kier alpha value is -0.600. The molecule has 0 saturated carbocycles. The molecular weight excluding hydrogens is 152 g/mol. The zero-order chi connectivity index (χ0) is 8.55. The van der Waals surface area contributed by atoms with Gasteiger partial charge in [-0.25, -0.2) is 0 Å². The first-order valence-corrected chi connectivity index (χ1v) is 4.55. The van der Waals surface area contributed by atoms with Gasteiger partial charge < -0.3 is 10.2 Å². The van der Waals surface area contributed by atoms with Gasteiger partial charge in [0.2, 0.25) is 0 Å². The summed E-state index contributed by atoms with van der Waals surface area (Å²) in [6.45, 7) is 0. The lowest BCUT2D eigenvalue weighted by molar-refractivity contribution is 0.190. The molecule has 0 spiro atoms. The van der Waals surface area contributed by atoms with E-state index in [9.17, 15) is 10.2 Å². The monoisotopic (exact) mass is 166 g/mol. The summed E-state index contributed by atoms with van der Waals surface area (Å²) in [5.74, 6) is 0. The molecule has 2 N–H and O–H groups in total. The summed E-state index contributed by atoms with van der Waals surface area (Å²) in [6.07, 6.45) is 6.96. The van der Waals surface area contributed by atoms with Gasteiger partial charge in [0, 0.05) is 0 Å². The molecule has 2 nitrogen and oxygen atoms in total. The third-order valence-electron chi connectivity index (χ3n) is 2.66. The molecule has 0 amide bonds. The van der Waals surface area contributed by atoms with E-state index in [1.165, 1.54) is 0 Å². The van der Waals surface area contributed by atoms with Crippen molar-refractivity contribution in [2.45, 2.75) is 37.9 Å². The van der Waals surface area contributed by atoms with E-state index >= 15 is 0 Å². The molecule has 66 valence electrons. The van der Waals surface area contributed by atoms with Crippen molar-refractivity contribution in [3.8, 4) is 0 Å². The highest BCUT2D eigenvalue weighted by molar-refractivity contribution is 5.41. The van der Waals surface area contributed by atoms with Gasteiger partial charge in [-0.3, -0.25) is 0 Å². The van der Waals surface area contributed by atoms with Gasteiger partial charge in [-0.05, 0) is 36.8 Å². The average Bonchev–Trinajstić information content (AvgIpc) is 2.59. The van der Waals surface area contributed by atoms with E-state index in [2.05, 4.69) is 0 Å². The Balaban J connectivity index is 2.18. The Morgan fingerprint density at radius 2 is 1.33 bits per heavy atom. The summed E-state index contributed by atoms with van der Waals surface area (Å²) in [4.78, 5) is 0. The van der Waals surface area contributed by atoms with Crippen LogP contribution in [0.3, 0.4) is 0 Å². The van der Waals surface area contributed by atoms with E-state index < -0.39 is 0 Å². The highest BCUT2D eigenvalue weighted by Gasteiger charge is 2.26. The molecule has 2 atom stereocenters.